The number of alkyl halides is 1. The fourth-order valence-electron chi connectivity index (χ4n) is 2.38. The highest BCUT2D eigenvalue weighted by Gasteiger charge is 2.26. The molecule has 1 aliphatic heterocycles. The summed E-state index contributed by atoms with van der Waals surface area (Å²) in [6.07, 6.45) is 0. The Morgan fingerprint density at radius 3 is 2.52 bits per heavy atom. The van der Waals surface area contributed by atoms with E-state index in [0.29, 0.717) is 11.3 Å². The molecule has 122 valence electrons. The number of nitrogens with zero attached hydrogens (tertiary/aromatic N) is 1. The first-order valence-electron chi connectivity index (χ1n) is 6.24. The summed E-state index contributed by atoms with van der Waals surface area (Å²) < 4.78 is 19.3. The third-order valence-corrected chi connectivity index (χ3v) is 3.84. The minimum absolute atomic E-state index is 0. The van der Waals surface area contributed by atoms with E-state index in [0.717, 1.165) is 30.7 Å². The summed E-state index contributed by atoms with van der Waals surface area (Å²) in [7, 11) is 1.49. The van der Waals surface area contributed by atoms with Gasteiger partial charge in [0, 0.05) is 36.2 Å². The van der Waals surface area contributed by atoms with Gasteiger partial charge in [0.2, 0.25) is 0 Å². The molecular formula is C13H20BrCl2FN2O2. The summed E-state index contributed by atoms with van der Waals surface area (Å²) >= 11 is 3.37. The Hall–Kier alpha value is -0.270. The summed E-state index contributed by atoms with van der Waals surface area (Å²) in [5.74, 6) is 0.379. The molecule has 0 amide bonds. The van der Waals surface area contributed by atoms with Crippen LogP contribution in [0.5, 0.6) is 11.5 Å². The van der Waals surface area contributed by atoms with Crippen LogP contribution >= 0.6 is 40.7 Å². The Morgan fingerprint density at radius 1 is 1.38 bits per heavy atom. The molecule has 1 atom stereocenters. The number of ether oxygens (including phenoxy) is 1. The second-order valence-corrected chi connectivity index (χ2v) is 5.42. The highest BCUT2D eigenvalue weighted by Crippen LogP contribution is 2.39. The SMILES string of the molecule is COc1cc(Br)cc([C@@H](CF)N2CCNCC2)c1O.Cl.Cl. The van der Waals surface area contributed by atoms with Crippen LogP contribution in [0.2, 0.25) is 0 Å². The summed E-state index contributed by atoms with van der Waals surface area (Å²) in [6, 6.07) is 2.99. The van der Waals surface area contributed by atoms with Gasteiger partial charge in [-0.1, -0.05) is 15.9 Å². The molecule has 1 fully saturated rings. The Balaban J connectivity index is 0.00000200. The standard InChI is InChI=1S/C13H18BrFN2O2.2ClH/c1-19-12-7-9(14)6-10(13(12)18)11(8-15)17-4-2-16-3-5-17;;/h6-7,11,16,18H,2-5,8H2,1H3;2*1H/t11-;;/m1../s1. The van der Waals surface area contributed by atoms with Crippen LogP contribution in [-0.4, -0.2) is 50.0 Å². The summed E-state index contributed by atoms with van der Waals surface area (Å²) in [5.41, 5.74) is 0.565. The van der Waals surface area contributed by atoms with Gasteiger partial charge in [-0.25, -0.2) is 4.39 Å². The number of benzene rings is 1. The number of phenols is 1. The predicted molar refractivity (Wildman–Crippen MR) is 90.0 cm³/mol. The lowest BCUT2D eigenvalue weighted by Gasteiger charge is -2.34. The first kappa shape index (κ1) is 20.7. The molecule has 0 spiro atoms. The number of hydrogen-bond acceptors (Lipinski definition) is 4. The average molecular weight is 406 g/mol. The molecule has 1 aliphatic rings. The second kappa shape index (κ2) is 9.69. The molecule has 2 N–H and O–H groups in total. The smallest absolute Gasteiger partial charge is 0.162 e. The zero-order valence-electron chi connectivity index (χ0n) is 11.6. The molecule has 1 aromatic carbocycles. The fraction of sp³-hybridized carbons (Fsp3) is 0.538. The van der Waals surface area contributed by atoms with Gasteiger partial charge < -0.3 is 15.2 Å². The Kier molecular flexibility index (Phi) is 9.56. The molecule has 0 bridgehead atoms. The Labute approximate surface area is 145 Å². The number of methoxy groups -OCH3 is 1. The van der Waals surface area contributed by atoms with Crippen molar-refractivity contribution < 1.29 is 14.2 Å². The van der Waals surface area contributed by atoms with E-state index in [1.54, 1.807) is 12.1 Å². The Morgan fingerprint density at radius 2 is 2.00 bits per heavy atom. The van der Waals surface area contributed by atoms with Crippen molar-refractivity contribution in [1.29, 1.82) is 0 Å². The topological polar surface area (TPSA) is 44.7 Å². The van der Waals surface area contributed by atoms with E-state index in [9.17, 15) is 9.50 Å². The van der Waals surface area contributed by atoms with Crippen molar-refractivity contribution in [3.8, 4) is 11.5 Å². The van der Waals surface area contributed by atoms with Crippen LogP contribution in [0.1, 0.15) is 11.6 Å². The number of nitrogens with one attached hydrogen (secondary N) is 1. The van der Waals surface area contributed by atoms with Gasteiger partial charge >= 0.3 is 0 Å². The maximum Gasteiger partial charge on any atom is 0.162 e. The molecule has 0 saturated carbocycles. The van der Waals surface area contributed by atoms with E-state index >= 15 is 0 Å². The van der Waals surface area contributed by atoms with Crippen LogP contribution in [0.4, 0.5) is 4.39 Å². The molecule has 0 aliphatic carbocycles. The molecule has 1 saturated heterocycles. The van der Waals surface area contributed by atoms with Crippen LogP contribution in [0, 0.1) is 0 Å². The van der Waals surface area contributed by atoms with Gasteiger partial charge in [0.1, 0.15) is 6.67 Å². The zero-order chi connectivity index (χ0) is 13.8. The van der Waals surface area contributed by atoms with Crippen molar-refractivity contribution in [2.75, 3.05) is 40.0 Å². The Bertz CT molecular complexity index is 448. The summed E-state index contributed by atoms with van der Waals surface area (Å²) in [5, 5.41) is 13.4. The van der Waals surface area contributed by atoms with Crippen molar-refractivity contribution in [3.63, 3.8) is 0 Å². The lowest BCUT2D eigenvalue weighted by molar-refractivity contribution is 0.144. The minimum Gasteiger partial charge on any atom is -0.504 e. The monoisotopic (exact) mass is 404 g/mol. The first-order chi connectivity index (χ1) is 9.17. The van der Waals surface area contributed by atoms with Crippen molar-refractivity contribution in [2.24, 2.45) is 0 Å². The van der Waals surface area contributed by atoms with Gasteiger partial charge in [-0.05, 0) is 12.1 Å². The third kappa shape index (κ3) is 4.86. The van der Waals surface area contributed by atoms with Crippen molar-refractivity contribution in [1.82, 2.24) is 10.2 Å². The molecule has 0 unspecified atom stereocenters. The van der Waals surface area contributed by atoms with E-state index in [4.69, 9.17) is 4.74 Å². The average Bonchev–Trinajstić information content (AvgIpc) is 2.44. The third-order valence-electron chi connectivity index (χ3n) is 3.39. The van der Waals surface area contributed by atoms with Gasteiger partial charge in [0.15, 0.2) is 11.5 Å². The van der Waals surface area contributed by atoms with E-state index < -0.39 is 12.7 Å². The molecule has 1 heterocycles. The molecule has 4 nitrogen and oxygen atoms in total. The highest BCUT2D eigenvalue weighted by molar-refractivity contribution is 9.10. The van der Waals surface area contributed by atoms with E-state index in [2.05, 4.69) is 21.2 Å². The van der Waals surface area contributed by atoms with Crippen molar-refractivity contribution >= 4 is 40.7 Å². The maximum atomic E-state index is 13.4. The number of aromatic hydroxyl groups is 1. The molecule has 21 heavy (non-hydrogen) atoms. The molecule has 1 aromatic rings. The van der Waals surface area contributed by atoms with E-state index in [-0.39, 0.29) is 30.6 Å². The van der Waals surface area contributed by atoms with Gasteiger partial charge in [-0.3, -0.25) is 4.90 Å². The van der Waals surface area contributed by atoms with Gasteiger partial charge in [0.05, 0.1) is 13.2 Å². The van der Waals surface area contributed by atoms with Crippen LogP contribution in [0.3, 0.4) is 0 Å². The number of rotatable bonds is 4. The predicted octanol–water partition coefficient (Wildman–Crippen LogP) is 2.92. The summed E-state index contributed by atoms with van der Waals surface area (Å²) in [6.45, 7) is 2.67. The number of hydrogen-bond donors (Lipinski definition) is 2. The fourth-order valence-corrected chi connectivity index (χ4v) is 2.83. The van der Waals surface area contributed by atoms with Crippen LogP contribution in [-0.2, 0) is 0 Å². The van der Waals surface area contributed by atoms with Crippen LogP contribution in [0.25, 0.3) is 0 Å². The highest BCUT2D eigenvalue weighted by atomic mass is 79.9. The number of phenolic OH excluding ortho intramolecular Hbond substituents is 1. The normalized spacial score (nSPS) is 16.5. The van der Waals surface area contributed by atoms with Crippen LogP contribution in [0.15, 0.2) is 16.6 Å². The van der Waals surface area contributed by atoms with Gasteiger partial charge in [0.25, 0.3) is 0 Å². The quantitative estimate of drug-likeness (QED) is 0.808. The first-order valence-corrected chi connectivity index (χ1v) is 7.03. The molecule has 8 heteroatoms. The molecule has 0 radical (unpaired) electrons. The minimum atomic E-state index is -0.535. The molecule has 0 aromatic heterocycles. The number of halogens is 4. The zero-order valence-corrected chi connectivity index (χ0v) is 14.9. The largest absolute Gasteiger partial charge is 0.504 e. The number of piperazine rings is 1. The van der Waals surface area contributed by atoms with E-state index in [1.807, 2.05) is 4.90 Å². The lowest BCUT2D eigenvalue weighted by atomic mass is 10.0. The van der Waals surface area contributed by atoms with Crippen LogP contribution < -0.4 is 10.1 Å². The van der Waals surface area contributed by atoms with Gasteiger partial charge in [-0.2, -0.15) is 0 Å². The van der Waals surface area contributed by atoms with Crippen molar-refractivity contribution in [2.45, 2.75) is 6.04 Å². The van der Waals surface area contributed by atoms with Gasteiger partial charge in [-0.15, -0.1) is 24.8 Å². The molecule has 2 rings (SSSR count). The maximum absolute atomic E-state index is 13.4. The summed E-state index contributed by atoms with van der Waals surface area (Å²) in [4.78, 5) is 2.04. The lowest BCUT2D eigenvalue weighted by Crippen LogP contribution is -2.45. The van der Waals surface area contributed by atoms with E-state index in [1.165, 1.54) is 7.11 Å². The van der Waals surface area contributed by atoms with Crippen molar-refractivity contribution in [3.05, 3.63) is 22.2 Å². The second-order valence-electron chi connectivity index (χ2n) is 4.50. The molecular weight excluding hydrogens is 386 g/mol.